The van der Waals surface area contributed by atoms with E-state index in [-0.39, 0.29) is 23.6 Å². The van der Waals surface area contributed by atoms with Crippen molar-refractivity contribution in [1.29, 1.82) is 0 Å². The predicted octanol–water partition coefficient (Wildman–Crippen LogP) is 3.76. The quantitative estimate of drug-likeness (QED) is 0.724. The van der Waals surface area contributed by atoms with Crippen LogP contribution in [0.3, 0.4) is 0 Å². The zero-order chi connectivity index (χ0) is 22.0. The summed E-state index contributed by atoms with van der Waals surface area (Å²) in [6, 6.07) is 15.2. The number of anilines is 1. The maximum absolute atomic E-state index is 12.5. The van der Waals surface area contributed by atoms with E-state index in [9.17, 15) is 14.4 Å². The largest absolute Gasteiger partial charge is 0.326 e. The molecule has 2 aliphatic rings. The highest BCUT2D eigenvalue weighted by Gasteiger charge is 2.35. The van der Waals surface area contributed by atoms with Crippen molar-refractivity contribution in [3.8, 4) is 0 Å². The molecule has 1 fully saturated rings. The van der Waals surface area contributed by atoms with Crippen LogP contribution in [0.25, 0.3) is 0 Å². The van der Waals surface area contributed by atoms with Gasteiger partial charge in [0, 0.05) is 24.7 Å². The topological polar surface area (TPSA) is 69.7 Å². The number of rotatable bonds is 6. The monoisotopic (exact) mass is 419 g/mol. The molecule has 2 heterocycles. The molecular weight excluding hydrogens is 390 g/mol. The molecule has 6 heteroatoms. The van der Waals surface area contributed by atoms with Crippen molar-refractivity contribution >= 4 is 23.4 Å². The van der Waals surface area contributed by atoms with Gasteiger partial charge < -0.3 is 10.2 Å². The fourth-order valence-electron chi connectivity index (χ4n) is 4.33. The lowest BCUT2D eigenvalue weighted by atomic mass is 9.89. The Labute approximate surface area is 183 Å². The minimum absolute atomic E-state index is 0.0279. The van der Waals surface area contributed by atoms with Crippen molar-refractivity contribution in [2.24, 2.45) is 5.92 Å². The highest BCUT2D eigenvalue weighted by atomic mass is 16.2. The summed E-state index contributed by atoms with van der Waals surface area (Å²) < 4.78 is 0. The van der Waals surface area contributed by atoms with Crippen LogP contribution in [0, 0.1) is 5.92 Å². The second-order valence-corrected chi connectivity index (χ2v) is 8.69. The van der Waals surface area contributed by atoms with E-state index in [1.807, 2.05) is 26.0 Å². The van der Waals surface area contributed by atoms with Crippen molar-refractivity contribution in [3.05, 3.63) is 65.2 Å². The van der Waals surface area contributed by atoms with Crippen molar-refractivity contribution in [2.45, 2.75) is 32.6 Å². The van der Waals surface area contributed by atoms with E-state index in [4.69, 9.17) is 0 Å². The first-order chi connectivity index (χ1) is 14.9. The number of fused-ring (bicyclic) bond motifs is 1. The molecule has 162 valence electrons. The van der Waals surface area contributed by atoms with Gasteiger partial charge in [0.25, 0.3) is 11.8 Å². The van der Waals surface area contributed by atoms with E-state index in [1.54, 1.807) is 24.3 Å². The molecule has 1 saturated heterocycles. The third-order valence-electron chi connectivity index (χ3n) is 6.26. The number of nitrogens with zero attached hydrogens (tertiary/aromatic N) is 2. The zero-order valence-electron chi connectivity index (χ0n) is 18.1. The number of hydrogen-bond donors (Lipinski definition) is 1. The highest BCUT2D eigenvalue weighted by Crippen LogP contribution is 2.30. The number of benzene rings is 2. The second-order valence-electron chi connectivity index (χ2n) is 8.69. The fourth-order valence-corrected chi connectivity index (χ4v) is 4.33. The van der Waals surface area contributed by atoms with E-state index in [2.05, 4.69) is 22.3 Å². The lowest BCUT2D eigenvalue weighted by Gasteiger charge is -2.33. The molecule has 0 aliphatic carbocycles. The third-order valence-corrected chi connectivity index (χ3v) is 6.26. The van der Waals surface area contributed by atoms with Gasteiger partial charge >= 0.3 is 0 Å². The molecule has 4 rings (SSSR count). The third kappa shape index (κ3) is 4.54. The summed E-state index contributed by atoms with van der Waals surface area (Å²) in [6.07, 6.45) is 2.04. The van der Waals surface area contributed by atoms with E-state index in [1.165, 1.54) is 10.5 Å². The smallest absolute Gasteiger partial charge is 0.261 e. The number of nitrogens with one attached hydrogen (secondary N) is 1. The maximum atomic E-state index is 12.5. The molecule has 2 aliphatic heterocycles. The first-order valence-electron chi connectivity index (χ1n) is 11.0. The zero-order valence-corrected chi connectivity index (χ0v) is 18.1. The summed E-state index contributed by atoms with van der Waals surface area (Å²) in [4.78, 5) is 40.7. The molecule has 3 amide bonds. The van der Waals surface area contributed by atoms with Crippen LogP contribution in [0.15, 0.2) is 48.5 Å². The first-order valence-corrected chi connectivity index (χ1v) is 11.0. The molecule has 0 saturated carbocycles. The molecule has 0 bridgehead atoms. The Morgan fingerprint density at radius 2 is 1.61 bits per heavy atom. The van der Waals surface area contributed by atoms with E-state index >= 15 is 0 Å². The second kappa shape index (κ2) is 9.02. The van der Waals surface area contributed by atoms with Gasteiger partial charge in [0.2, 0.25) is 5.91 Å². The number of likely N-dealkylation sites (tertiary alicyclic amines) is 1. The minimum atomic E-state index is -0.184. The van der Waals surface area contributed by atoms with Crippen LogP contribution >= 0.6 is 0 Å². The first kappa shape index (κ1) is 21.2. The molecule has 0 aromatic heterocycles. The van der Waals surface area contributed by atoms with Crippen LogP contribution in [0.1, 0.15) is 58.9 Å². The van der Waals surface area contributed by atoms with Crippen LogP contribution in [-0.2, 0) is 4.79 Å². The predicted molar refractivity (Wildman–Crippen MR) is 120 cm³/mol. The Balaban J connectivity index is 1.29. The van der Waals surface area contributed by atoms with Crippen LogP contribution < -0.4 is 5.32 Å². The lowest BCUT2D eigenvalue weighted by Crippen LogP contribution is -2.41. The molecule has 0 unspecified atom stereocenters. The van der Waals surface area contributed by atoms with Crippen LogP contribution in [-0.4, -0.2) is 53.7 Å². The van der Waals surface area contributed by atoms with Crippen molar-refractivity contribution in [2.75, 3.05) is 31.5 Å². The Kier molecular flexibility index (Phi) is 6.18. The van der Waals surface area contributed by atoms with Gasteiger partial charge in [-0.05, 0) is 61.7 Å². The fraction of sp³-hybridized carbons (Fsp3) is 0.400. The van der Waals surface area contributed by atoms with Gasteiger partial charge in [-0.3, -0.25) is 19.3 Å². The molecule has 0 spiro atoms. The molecule has 2 aromatic carbocycles. The lowest BCUT2D eigenvalue weighted by molar-refractivity contribution is -0.118. The summed E-state index contributed by atoms with van der Waals surface area (Å²) in [7, 11) is 0. The average molecular weight is 420 g/mol. The van der Waals surface area contributed by atoms with Gasteiger partial charge in [0.1, 0.15) is 0 Å². The highest BCUT2D eigenvalue weighted by molar-refractivity contribution is 6.21. The Morgan fingerprint density at radius 1 is 0.968 bits per heavy atom. The Morgan fingerprint density at radius 3 is 2.23 bits per heavy atom. The molecule has 0 atom stereocenters. The number of carbonyl (C=O) groups is 3. The summed E-state index contributed by atoms with van der Waals surface area (Å²) >= 11 is 0. The molecule has 1 N–H and O–H groups in total. The van der Waals surface area contributed by atoms with Crippen LogP contribution in [0.2, 0.25) is 0 Å². The number of carbonyl (C=O) groups excluding carboxylic acids is 3. The number of hydrogen-bond acceptors (Lipinski definition) is 4. The standard InChI is InChI=1S/C25H29N3O3/c1-17(2)23(29)26-20-7-5-6-19(16-20)18-10-12-27(13-11-18)14-15-28-24(30)21-8-3-4-9-22(21)25(28)31/h3-9,16-18H,10-15H2,1-2H3,(H,26,29). The van der Waals surface area contributed by atoms with Gasteiger partial charge in [0.15, 0.2) is 0 Å². The number of imide groups is 1. The van der Waals surface area contributed by atoms with Gasteiger partial charge in [-0.2, -0.15) is 0 Å². The van der Waals surface area contributed by atoms with Crippen molar-refractivity contribution in [1.82, 2.24) is 9.80 Å². The molecular formula is C25H29N3O3. The molecule has 6 nitrogen and oxygen atoms in total. The normalized spacial score (nSPS) is 17.3. The summed E-state index contributed by atoms with van der Waals surface area (Å²) in [5.74, 6) is 0.0622. The molecule has 2 aromatic rings. The Hall–Kier alpha value is -2.99. The van der Waals surface area contributed by atoms with Gasteiger partial charge in [-0.25, -0.2) is 0 Å². The summed E-state index contributed by atoms with van der Waals surface area (Å²) in [5, 5.41) is 2.98. The van der Waals surface area contributed by atoms with Gasteiger partial charge in [-0.1, -0.05) is 38.1 Å². The number of piperidine rings is 1. The maximum Gasteiger partial charge on any atom is 0.261 e. The molecule has 0 radical (unpaired) electrons. The van der Waals surface area contributed by atoms with E-state index < -0.39 is 0 Å². The molecule has 31 heavy (non-hydrogen) atoms. The number of amides is 3. The van der Waals surface area contributed by atoms with Crippen molar-refractivity contribution in [3.63, 3.8) is 0 Å². The SMILES string of the molecule is CC(C)C(=O)Nc1cccc(C2CCN(CCN3C(=O)c4ccccc4C3=O)CC2)c1. The van der Waals surface area contributed by atoms with Crippen LogP contribution in [0.5, 0.6) is 0 Å². The summed E-state index contributed by atoms with van der Waals surface area (Å²) in [6.45, 7) is 6.75. The van der Waals surface area contributed by atoms with Crippen LogP contribution in [0.4, 0.5) is 5.69 Å². The van der Waals surface area contributed by atoms with Gasteiger partial charge in [0.05, 0.1) is 11.1 Å². The van der Waals surface area contributed by atoms with E-state index in [0.29, 0.717) is 30.1 Å². The minimum Gasteiger partial charge on any atom is -0.326 e. The average Bonchev–Trinajstić information content (AvgIpc) is 3.03. The van der Waals surface area contributed by atoms with E-state index in [0.717, 1.165) is 31.6 Å². The van der Waals surface area contributed by atoms with Crippen molar-refractivity contribution < 1.29 is 14.4 Å². The van der Waals surface area contributed by atoms with Gasteiger partial charge in [-0.15, -0.1) is 0 Å². The Bertz CT molecular complexity index is 958. The summed E-state index contributed by atoms with van der Waals surface area (Å²) in [5.41, 5.74) is 3.12.